The molecule has 4 N–H and O–H groups in total. The zero-order chi connectivity index (χ0) is 11.5. The number of ketones is 1. The van der Waals surface area contributed by atoms with Gasteiger partial charge in [0, 0.05) is 5.41 Å². The molecule has 0 aromatic heterocycles. The summed E-state index contributed by atoms with van der Waals surface area (Å²) in [6.07, 6.45) is -4.82. The first-order valence-electron chi connectivity index (χ1n) is 4.41. The summed E-state index contributed by atoms with van der Waals surface area (Å²) in [6, 6.07) is 0. The molecule has 14 heavy (non-hydrogen) atoms. The Morgan fingerprint density at radius 2 is 1.64 bits per heavy atom. The molecule has 0 amide bonds. The molecule has 3 atom stereocenters. The monoisotopic (exact) mass is 206 g/mol. The van der Waals surface area contributed by atoms with Gasteiger partial charge >= 0.3 is 0 Å². The van der Waals surface area contributed by atoms with Crippen LogP contribution in [0.2, 0.25) is 0 Å². The Bertz CT molecular complexity index is 196. The Kier molecular flexibility index (Phi) is 4.67. The van der Waals surface area contributed by atoms with E-state index in [1.54, 1.807) is 20.8 Å². The van der Waals surface area contributed by atoms with Gasteiger partial charge in [0.25, 0.3) is 0 Å². The smallest absolute Gasteiger partial charge is 0.169 e. The Hall–Kier alpha value is -0.490. The lowest BCUT2D eigenvalue weighted by Gasteiger charge is -2.26. The zero-order valence-corrected chi connectivity index (χ0v) is 8.64. The van der Waals surface area contributed by atoms with Crippen LogP contribution in [0, 0.1) is 5.41 Å². The molecule has 0 saturated carbocycles. The summed E-state index contributed by atoms with van der Waals surface area (Å²) < 4.78 is 0. The minimum Gasteiger partial charge on any atom is -0.394 e. The third-order valence-corrected chi connectivity index (χ3v) is 1.91. The van der Waals surface area contributed by atoms with Crippen LogP contribution >= 0.6 is 0 Å². The van der Waals surface area contributed by atoms with Crippen molar-refractivity contribution in [1.29, 1.82) is 0 Å². The Balaban J connectivity index is 4.47. The summed E-state index contributed by atoms with van der Waals surface area (Å²) in [5.41, 5.74) is -0.796. The average Bonchev–Trinajstić information content (AvgIpc) is 2.11. The van der Waals surface area contributed by atoms with E-state index < -0.39 is 36.1 Å². The van der Waals surface area contributed by atoms with E-state index >= 15 is 0 Å². The second-order valence-corrected chi connectivity index (χ2v) is 4.30. The van der Waals surface area contributed by atoms with Crippen molar-refractivity contribution in [3.63, 3.8) is 0 Å². The number of aliphatic hydroxyl groups excluding tert-OH is 4. The van der Waals surface area contributed by atoms with Crippen molar-refractivity contribution in [2.75, 3.05) is 6.61 Å². The van der Waals surface area contributed by atoms with Crippen molar-refractivity contribution >= 4 is 5.78 Å². The topological polar surface area (TPSA) is 98.0 Å². The van der Waals surface area contributed by atoms with Gasteiger partial charge < -0.3 is 20.4 Å². The summed E-state index contributed by atoms with van der Waals surface area (Å²) >= 11 is 0. The van der Waals surface area contributed by atoms with E-state index in [1.165, 1.54) is 0 Å². The molecule has 0 rings (SSSR count). The van der Waals surface area contributed by atoms with Gasteiger partial charge in [-0.3, -0.25) is 4.79 Å². The number of carbonyl (C=O) groups is 1. The van der Waals surface area contributed by atoms with Crippen LogP contribution in [0.3, 0.4) is 0 Å². The molecule has 0 radical (unpaired) electrons. The van der Waals surface area contributed by atoms with Crippen LogP contribution in [0.5, 0.6) is 0 Å². The maximum atomic E-state index is 11.4. The third-order valence-electron chi connectivity index (χ3n) is 1.91. The fraction of sp³-hybridized carbons (Fsp3) is 0.889. The Labute approximate surface area is 83.0 Å². The van der Waals surface area contributed by atoms with Crippen LogP contribution in [0.4, 0.5) is 0 Å². The van der Waals surface area contributed by atoms with Crippen molar-refractivity contribution in [3.05, 3.63) is 0 Å². The highest BCUT2D eigenvalue weighted by atomic mass is 16.4. The molecule has 84 valence electrons. The van der Waals surface area contributed by atoms with Gasteiger partial charge in [0.1, 0.15) is 18.3 Å². The van der Waals surface area contributed by atoms with E-state index in [-0.39, 0.29) is 0 Å². The SMILES string of the molecule is CC(C)(C)C(=O)[C@@H](O)[C@H](O)[C@H](O)CO. The number of hydrogen-bond acceptors (Lipinski definition) is 5. The van der Waals surface area contributed by atoms with Crippen LogP contribution in [0.25, 0.3) is 0 Å². The van der Waals surface area contributed by atoms with E-state index in [0.717, 1.165) is 0 Å². The first-order valence-corrected chi connectivity index (χ1v) is 4.41. The van der Waals surface area contributed by atoms with Gasteiger partial charge in [-0.1, -0.05) is 20.8 Å². The maximum Gasteiger partial charge on any atom is 0.169 e. The standard InChI is InChI=1S/C9H18O5/c1-9(2,3)8(14)7(13)6(12)5(11)4-10/h5-7,10-13H,4H2,1-3H3/t5-,6-,7+/m1/s1. The third kappa shape index (κ3) is 3.34. The van der Waals surface area contributed by atoms with E-state index in [9.17, 15) is 15.0 Å². The van der Waals surface area contributed by atoms with Crippen molar-refractivity contribution in [2.24, 2.45) is 5.41 Å². The van der Waals surface area contributed by atoms with Crippen molar-refractivity contribution in [1.82, 2.24) is 0 Å². The molecule has 0 spiro atoms. The molecule has 0 fully saturated rings. The van der Waals surface area contributed by atoms with E-state index in [1.807, 2.05) is 0 Å². The minimum absolute atomic E-state index is 0.572. The summed E-state index contributed by atoms with van der Waals surface area (Å²) in [5, 5.41) is 36.1. The summed E-state index contributed by atoms with van der Waals surface area (Å²) in [7, 11) is 0. The Morgan fingerprint density at radius 3 is 1.93 bits per heavy atom. The molecule has 0 unspecified atom stereocenters. The molecule has 5 nitrogen and oxygen atoms in total. The number of carbonyl (C=O) groups excluding carboxylic acids is 1. The van der Waals surface area contributed by atoms with Gasteiger partial charge in [0.15, 0.2) is 5.78 Å². The highest BCUT2D eigenvalue weighted by Crippen LogP contribution is 2.19. The normalized spacial score (nSPS) is 18.8. The van der Waals surface area contributed by atoms with E-state index in [0.29, 0.717) is 0 Å². The Morgan fingerprint density at radius 1 is 1.21 bits per heavy atom. The van der Waals surface area contributed by atoms with Gasteiger partial charge in [0.2, 0.25) is 0 Å². The molecule has 0 aliphatic heterocycles. The molecular weight excluding hydrogens is 188 g/mol. The first-order chi connectivity index (χ1) is 6.21. The summed E-state index contributed by atoms with van der Waals surface area (Å²) in [4.78, 5) is 11.4. The number of hydrogen-bond donors (Lipinski definition) is 4. The summed E-state index contributed by atoms with van der Waals surface area (Å²) in [5.74, 6) is -0.572. The minimum atomic E-state index is -1.67. The fourth-order valence-corrected chi connectivity index (χ4v) is 0.917. The average molecular weight is 206 g/mol. The first kappa shape index (κ1) is 13.5. The maximum absolute atomic E-state index is 11.4. The highest BCUT2D eigenvalue weighted by molar-refractivity contribution is 5.88. The lowest BCUT2D eigenvalue weighted by molar-refractivity contribution is -0.147. The predicted molar refractivity (Wildman–Crippen MR) is 49.6 cm³/mol. The van der Waals surface area contributed by atoms with Gasteiger partial charge in [-0.2, -0.15) is 0 Å². The second-order valence-electron chi connectivity index (χ2n) is 4.30. The van der Waals surface area contributed by atoms with Crippen molar-refractivity contribution < 1.29 is 25.2 Å². The molecule has 0 aliphatic rings. The van der Waals surface area contributed by atoms with Gasteiger partial charge in [-0.05, 0) is 0 Å². The van der Waals surface area contributed by atoms with E-state index in [4.69, 9.17) is 10.2 Å². The largest absolute Gasteiger partial charge is 0.394 e. The van der Waals surface area contributed by atoms with E-state index in [2.05, 4.69) is 0 Å². The second kappa shape index (κ2) is 4.84. The molecule has 0 saturated heterocycles. The van der Waals surface area contributed by atoms with Crippen molar-refractivity contribution in [3.8, 4) is 0 Å². The van der Waals surface area contributed by atoms with Gasteiger partial charge in [-0.15, -0.1) is 0 Å². The molecule has 0 aliphatic carbocycles. The number of rotatable bonds is 4. The summed E-state index contributed by atoms with van der Waals surface area (Å²) in [6.45, 7) is 4.08. The van der Waals surface area contributed by atoms with Crippen molar-refractivity contribution in [2.45, 2.75) is 39.1 Å². The fourth-order valence-electron chi connectivity index (χ4n) is 0.917. The predicted octanol–water partition coefficient (Wildman–Crippen LogP) is -1.32. The quantitative estimate of drug-likeness (QED) is 0.457. The van der Waals surface area contributed by atoms with Crippen LogP contribution in [0.1, 0.15) is 20.8 Å². The van der Waals surface area contributed by atoms with Crippen LogP contribution < -0.4 is 0 Å². The number of aliphatic hydroxyl groups is 4. The molecular formula is C9H18O5. The lowest BCUT2D eigenvalue weighted by atomic mass is 9.85. The zero-order valence-electron chi connectivity index (χ0n) is 8.64. The lowest BCUT2D eigenvalue weighted by Crippen LogP contribution is -2.47. The number of Topliss-reactive ketones (excluding diaryl/α,β-unsaturated/α-hetero) is 1. The molecule has 0 bridgehead atoms. The molecule has 0 aromatic rings. The van der Waals surface area contributed by atoms with Crippen LogP contribution in [-0.4, -0.2) is 51.1 Å². The highest BCUT2D eigenvalue weighted by Gasteiger charge is 2.35. The molecule has 0 heterocycles. The van der Waals surface area contributed by atoms with Crippen LogP contribution in [-0.2, 0) is 4.79 Å². The molecule has 0 aromatic carbocycles. The van der Waals surface area contributed by atoms with Gasteiger partial charge in [-0.25, -0.2) is 0 Å². The van der Waals surface area contributed by atoms with Crippen LogP contribution in [0.15, 0.2) is 0 Å². The molecule has 5 heteroatoms. The van der Waals surface area contributed by atoms with Gasteiger partial charge in [0.05, 0.1) is 6.61 Å².